The first-order valence-corrected chi connectivity index (χ1v) is 12.0. The van der Waals surface area contributed by atoms with E-state index in [0.717, 1.165) is 16.7 Å². The van der Waals surface area contributed by atoms with E-state index in [1.165, 1.54) is 0 Å². The van der Waals surface area contributed by atoms with Crippen molar-refractivity contribution in [2.24, 2.45) is 0 Å². The number of piperidine rings is 1. The van der Waals surface area contributed by atoms with E-state index in [0.29, 0.717) is 36.8 Å². The number of ether oxygens (including phenoxy) is 1. The Hall–Kier alpha value is -3.85. The first-order chi connectivity index (χ1) is 17.3. The van der Waals surface area contributed by atoms with Gasteiger partial charge in [0.1, 0.15) is 12.4 Å². The fourth-order valence-electron chi connectivity index (χ4n) is 3.99. The summed E-state index contributed by atoms with van der Waals surface area (Å²) in [5.41, 5.74) is 1.48. The summed E-state index contributed by atoms with van der Waals surface area (Å²) in [4.78, 5) is 45.9. The molecule has 0 bridgehead atoms. The molecule has 0 spiro atoms. The summed E-state index contributed by atoms with van der Waals surface area (Å²) in [5, 5.41) is 13.4. The van der Waals surface area contributed by atoms with E-state index < -0.39 is 23.3 Å². The average Bonchev–Trinajstić information content (AvgIpc) is 2.90. The van der Waals surface area contributed by atoms with Gasteiger partial charge in [0.05, 0.1) is 0 Å². The summed E-state index contributed by atoms with van der Waals surface area (Å²) in [7, 11) is 0. The maximum Gasteiger partial charge on any atom is 0.410 e. The van der Waals surface area contributed by atoms with E-state index in [-0.39, 0.29) is 24.8 Å². The van der Waals surface area contributed by atoms with Crippen LogP contribution in [0.1, 0.15) is 51.8 Å². The molecule has 2 heterocycles. The molecule has 188 valence electrons. The molecular formula is C26H27ClN4O5. The third kappa shape index (κ3) is 6.04. The maximum atomic E-state index is 12.7. The normalized spacial score (nSPS) is 13.9. The van der Waals surface area contributed by atoms with Gasteiger partial charge in [0, 0.05) is 30.6 Å². The standard InChI is InChI=1S/C26H27ClN4O5/c1-16-7-8-18(13-20(16)27)14-28-24(33)21-22(32)25(34)30-23(29-21)19-9-11-31(12-10-19)26(35)36-15-17-5-3-2-4-6-17/h2-8,13,19,32H,9-12,14-15H2,1H3,(H,28,33)(H,29,30,34). The second-order valence-electron chi connectivity index (χ2n) is 8.72. The van der Waals surface area contributed by atoms with Crippen molar-refractivity contribution in [3.05, 3.63) is 92.1 Å². The summed E-state index contributed by atoms with van der Waals surface area (Å²) in [6.45, 7) is 3.06. The Balaban J connectivity index is 1.37. The lowest BCUT2D eigenvalue weighted by molar-refractivity contribution is 0.0866. The van der Waals surface area contributed by atoms with Gasteiger partial charge in [-0.1, -0.05) is 54.1 Å². The predicted molar refractivity (Wildman–Crippen MR) is 134 cm³/mol. The number of aromatic amines is 1. The number of amides is 2. The molecule has 0 unspecified atom stereocenters. The maximum absolute atomic E-state index is 12.7. The molecule has 1 aromatic heterocycles. The highest BCUT2D eigenvalue weighted by molar-refractivity contribution is 6.31. The Kier molecular flexibility index (Phi) is 7.90. The van der Waals surface area contributed by atoms with Crippen LogP contribution in [0.25, 0.3) is 0 Å². The average molecular weight is 511 g/mol. The van der Waals surface area contributed by atoms with Crippen LogP contribution in [0.4, 0.5) is 4.79 Å². The van der Waals surface area contributed by atoms with Crippen molar-refractivity contribution in [1.82, 2.24) is 20.2 Å². The predicted octanol–water partition coefficient (Wildman–Crippen LogP) is 3.88. The number of rotatable bonds is 6. The molecule has 1 aliphatic heterocycles. The van der Waals surface area contributed by atoms with Crippen LogP contribution < -0.4 is 10.9 Å². The molecule has 9 nitrogen and oxygen atoms in total. The van der Waals surface area contributed by atoms with Crippen LogP contribution in [0.2, 0.25) is 5.02 Å². The van der Waals surface area contributed by atoms with Crippen LogP contribution >= 0.6 is 11.6 Å². The molecular weight excluding hydrogens is 484 g/mol. The third-order valence-corrected chi connectivity index (χ3v) is 6.57. The molecule has 3 N–H and O–H groups in total. The van der Waals surface area contributed by atoms with Crippen LogP contribution in [0.15, 0.2) is 53.3 Å². The molecule has 4 rings (SSSR count). The fourth-order valence-corrected chi connectivity index (χ4v) is 4.20. The van der Waals surface area contributed by atoms with Gasteiger partial charge in [-0.3, -0.25) is 9.59 Å². The number of likely N-dealkylation sites (tertiary alicyclic amines) is 1. The van der Waals surface area contributed by atoms with E-state index >= 15 is 0 Å². The summed E-state index contributed by atoms with van der Waals surface area (Å²) in [6.07, 6.45) is 0.648. The first kappa shape index (κ1) is 25.2. The van der Waals surface area contributed by atoms with E-state index in [1.54, 1.807) is 11.0 Å². The van der Waals surface area contributed by atoms with Gasteiger partial charge < -0.3 is 25.0 Å². The SMILES string of the molecule is Cc1ccc(CNC(=O)c2nc(C3CCN(C(=O)OCc4ccccc4)CC3)[nH]c(=O)c2O)cc1Cl. The zero-order chi connectivity index (χ0) is 25.7. The van der Waals surface area contributed by atoms with Crippen molar-refractivity contribution in [1.29, 1.82) is 0 Å². The Morgan fingerprint density at radius 3 is 2.58 bits per heavy atom. The molecule has 36 heavy (non-hydrogen) atoms. The number of hydrogen-bond donors (Lipinski definition) is 3. The molecule has 0 radical (unpaired) electrons. The third-order valence-electron chi connectivity index (χ3n) is 6.16. The van der Waals surface area contributed by atoms with E-state index in [1.807, 2.05) is 49.4 Å². The zero-order valence-electron chi connectivity index (χ0n) is 19.8. The number of carbonyl (C=O) groups excluding carboxylic acids is 2. The van der Waals surface area contributed by atoms with Crippen molar-refractivity contribution in [2.45, 2.75) is 38.8 Å². The second kappa shape index (κ2) is 11.3. The van der Waals surface area contributed by atoms with Gasteiger partial charge in [-0.2, -0.15) is 0 Å². The number of aryl methyl sites for hydroxylation is 1. The Bertz CT molecular complexity index is 1300. The topological polar surface area (TPSA) is 125 Å². The number of halogens is 1. The highest BCUT2D eigenvalue weighted by Gasteiger charge is 2.28. The molecule has 2 aromatic carbocycles. The molecule has 1 saturated heterocycles. The lowest BCUT2D eigenvalue weighted by atomic mass is 9.96. The number of aromatic hydroxyl groups is 1. The molecule has 0 saturated carbocycles. The van der Waals surface area contributed by atoms with Crippen LogP contribution in [0.5, 0.6) is 5.75 Å². The number of benzene rings is 2. The Labute approximate surface area is 213 Å². The summed E-state index contributed by atoms with van der Waals surface area (Å²) in [5.74, 6) is -1.28. The minimum absolute atomic E-state index is 0.158. The Morgan fingerprint density at radius 1 is 1.17 bits per heavy atom. The number of hydrogen-bond acceptors (Lipinski definition) is 6. The van der Waals surface area contributed by atoms with Crippen LogP contribution in [0, 0.1) is 6.92 Å². The van der Waals surface area contributed by atoms with Crippen molar-refractivity contribution < 1.29 is 19.4 Å². The second-order valence-corrected chi connectivity index (χ2v) is 9.12. The number of nitrogens with one attached hydrogen (secondary N) is 2. The Morgan fingerprint density at radius 2 is 1.89 bits per heavy atom. The van der Waals surface area contributed by atoms with Crippen molar-refractivity contribution >= 4 is 23.6 Å². The highest BCUT2D eigenvalue weighted by atomic mass is 35.5. The quantitative estimate of drug-likeness (QED) is 0.462. The van der Waals surface area contributed by atoms with Gasteiger partial charge in [-0.25, -0.2) is 9.78 Å². The van der Waals surface area contributed by atoms with Gasteiger partial charge in [-0.05, 0) is 42.5 Å². The largest absolute Gasteiger partial charge is 0.501 e. The van der Waals surface area contributed by atoms with Crippen LogP contribution in [0.3, 0.4) is 0 Å². The van der Waals surface area contributed by atoms with E-state index in [4.69, 9.17) is 16.3 Å². The molecule has 1 aliphatic rings. The molecule has 1 fully saturated rings. The van der Waals surface area contributed by atoms with Gasteiger partial charge in [0.2, 0.25) is 5.75 Å². The van der Waals surface area contributed by atoms with Gasteiger partial charge in [-0.15, -0.1) is 0 Å². The monoisotopic (exact) mass is 510 g/mol. The van der Waals surface area contributed by atoms with E-state index in [2.05, 4.69) is 15.3 Å². The molecule has 2 amide bonds. The number of carbonyl (C=O) groups is 2. The number of nitrogens with zero attached hydrogens (tertiary/aromatic N) is 2. The summed E-state index contributed by atoms with van der Waals surface area (Å²) >= 11 is 6.13. The molecule has 0 atom stereocenters. The number of aromatic nitrogens is 2. The fraction of sp³-hybridized carbons (Fsp3) is 0.308. The smallest absolute Gasteiger partial charge is 0.410 e. The van der Waals surface area contributed by atoms with Gasteiger partial charge >= 0.3 is 6.09 Å². The van der Waals surface area contributed by atoms with Crippen LogP contribution in [-0.2, 0) is 17.9 Å². The molecule has 10 heteroatoms. The van der Waals surface area contributed by atoms with Crippen LogP contribution in [-0.4, -0.2) is 45.1 Å². The lowest BCUT2D eigenvalue weighted by Gasteiger charge is -2.30. The van der Waals surface area contributed by atoms with Gasteiger partial charge in [0.15, 0.2) is 5.69 Å². The molecule has 3 aromatic rings. The first-order valence-electron chi connectivity index (χ1n) is 11.6. The summed E-state index contributed by atoms with van der Waals surface area (Å²) in [6, 6.07) is 14.8. The van der Waals surface area contributed by atoms with Crippen molar-refractivity contribution in [3.8, 4) is 5.75 Å². The number of H-pyrrole nitrogens is 1. The summed E-state index contributed by atoms with van der Waals surface area (Å²) < 4.78 is 5.39. The highest BCUT2D eigenvalue weighted by Crippen LogP contribution is 2.26. The zero-order valence-corrected chi connectivity index (χ0v) is 20.5. The van der Waals surface area contributed by atoms with E-state index in [9.17, 15) is 19.5 Å². The molecule has 0 aliphatic carbocycles. The minimum Gasteiger partial charge on any atom is -0.501 e. The lowest BCUT2D eigenvalue weighted by Crippen LogP contribution is -2.39. The van der Waals surface area contributed by atoms with Crippen molar-refractivity contribution in [3.63, 3.8) is 0 Å². The minimum atomic E-state index is -0.784. The van der Waals surface area contributed by atoms with Crippen molar-refractivity contribution in [2.75, 3.05) is 13.1 Å². The van der Waals surface area contributed by atoms with Gasteiger partial charge in [0.25, 0.3) is 11.5 Å².